The van der Waals surface area contributed by atoms with E-state index in [1.807, 2.05) is 42.8 Å². The van der Waals surface area contributed by atoms with Gasteiger partial charge < -0.3 is 11.1 Å². The molecule has 0 spiro atoms. The van der Waals surface area contributed by atoms with Crippen molar-refractivity contribution < 1.29 is 0 Å². The maximum absolute atomic E-state index is 5.81. The number of guanidine groups is 1. The molecule has 0 aliphatic rings. The van der Waals surface area contributed by atoms with E-state index >= 15 is 0 Å². The highest BCUT2D eigenvalue weighted by molar-refractivity contribution is 7.09. The normalized spacial score (nSPS) is 11.5. The van der Waals surface area contributed by atoms with Gasteiger partial charge in [0.05, 0.1) is 24.3 Å². The molecule has 2 aromatic rings. The Balaban J connectivity index is 1.85. The van der Waals surface area contributed by atoms with Crippen LogP contribution in [-0.4, -0.2) is 10.9 Å². The molecule has 1 aromatic heterocycles. The molecular weight excluding hydrogens is 244 g/mol. The molecule has 18 heavy (non-hydrogen) atoms. The molecule has 0 aliphatic carbocycles. The Kier molecular flexibility index (Phi) is 4.30. The van der Waals surface area contributed by atoms with Gasteiger partial charge in [-0.05, 0) is 12.5 Å². The summed E-state index contributed by atoms with van der Waals surface area (Å²) in [6.45, 7) is 3.27. The summed E-state index contributed by atoms with van der Waals surface area (Å²) in [6.07, 6.45) is 0. The molecule has 0 saturated carbocycles. The van der Waals surface area contributed by atoms with Gasteiger partial charge in [-0.2, -0.15) is 0 Å². The Hall–Kier alpha value is -1.88. The highest BCUT2D eigenvalue weighted by Crippen LogP contribution is 2.10. The minimum absolute atomic E-state index is 0.464. The van der Waals surface area contributed by atoms with Crippen LogP contribution in [0.15, 0.2) is 40.8 Å². The van der Waals surface area contributed by atoms with Gasteiger partial charge in [-0.15, -0.1) is 11.3 Å². The molecule has 3 N–H and O–H groups in total. The molecule has 0 atom stereocenters. The average Bonchev–Trinajstić information content (AvgIpc) is 2.81. The molecule has 94 valence electrons. The summed E-state index contributed by atoms with van der Waals surface area (Å²) in [6, 6.07) is 10.0. The van der Waals surface area contributed by atoms with Gasteiger partial charge in [0.1, 0.15) is 0 Å². The summed E-state index contributed by atoms with van der Waals surface area (Å²) in [4.78, 5) is 9.66. The van der Waals surface area contributed by atoms with Crippen molar-refractivity contribution in [2.24, 2.45) is 10.7 Å². The molecule has 1 aromatic carbocycles. The Morgan fingerprint density at radius 3 is 2.83 bits per heavy atom. The van der Waals surface area contributed by atoms with Crippen molar-refractivity contribution in [1.82, 2.24) is 10.3 Å². The summed E-state index contributed by atoms with van der Waals surface area (Å²) < 4.78 is 0. The van der Waals surface area contributed by atoms with Crippen molar-refractivity contribution in [1.29, 1.82) is 0 Å². The smallest absolute Gasteiger partial charge is 0.189 e. The second-order valence-electron chi connectivity index (χ2n) is 3.90. The second-order valence-corrected chi connectivity index (χ2v) is 4.84. The first-order valence-electron chi connectivity index (χ1n) is 5.72. The molecule has 0 aliphatic heterocycles. The maximum Gasteiger partial charge on any atom is 0.189 e. The summed E-state index contributed by atoms with van der Waals surface area (Å²) in [5, 5.41) is 3.09. The SMILES string of the molecule is Cc1ncsc1CNC(N)=NCc1ccccc1. The minimum Gasteiger partial charge on any atom is -0.370 e. The molecule has 5 heteroatoms. The van der Waals surface area contributed by atoms with Crippen LogP contribution >= 0.6 is 11.3 Å². The number of aliphatic imine (C=N–C) groups is 1. The third kappa shape index (κ3) is 3.56. The Morgan fingerprint density at radius 1 is 1.39 bits per heavy atom. The van der Waals surface area contributed by atoms with Gasteiger partial charge in [-0.1, -0.05) is 30.3 Å². The van der Waals surface area contributed by atoms with Gasteiger partial charge in [-0.25, -0.2) is 9.98 Å². The Morgan fingerprint density at radius 2 is 2.17 bits per heavy atom. The number of aromatic nitrogens is 1. The lowest BCUT2D eigenvalue weighted by molar-refractivity contribution is 0.888. The fourth-order valence-electron chi connectivity index (χ4n) is 1.48. The second kappa shape index (κ2) is 6.16. The summed E-state index contributed by atoms with van der Waals surface area (Å²) in [5.74, 6) is 0.464. The quantitative estimate of drug-likeness (QED) is 0.653. The van der Waals surface area contributed by atoms with Crippen LogP contribution in [0.5, 0.6) is 0 Å². The first-order valence-corrected chi connectivity index (χ1v) is 6.60. The van der Waals surface area contributed by atoms with Crippen molar-refractivity contribution in [2.45, 2.75) is 20.0 Å². The lowest BCUT2D eigenvalue weighted by Crippen LogP contribution is -2.31. The van der Waals surface area contributed by atoms with Crippen LogP contribution < -0.4 is 11.1 Å². The number of thiazole rings is 1. The fraction of sp³-hybridized carbons (Fsp3) is 0.231. The number of nitrogens with one attached hydrogen (secondary N) is 1. The van der Waals surface area contributed by atoms with Gasteiger partial charge >= 0.3 is 0 Å². The zero-order valence-electron chi connectivity index (χ0n) is 10.3. The predicted octanol–water partition coefficient (Wildman–Crippen LogP) is 2.06. The van der Waals surface area contributed by atoms with E-state index in [2.05, 4.69) is 15.3 Å². The molecule has 0 fully saturated rings. The molecule has 0 bridgehead atoms. The van der Waals surface area contributed by atoms with Gasteiger partial charge in [0, 0.05) is 4.88 Å². The van der Waals surface area contributed by atoms with Crippen LogP contribution in [0.25, 0.3) is 0 Å². The van der Waals surface area contributed by atoms with E-state index < -0.39 is 0 Å². The topological polar surface area (TPSA) is 63.3 Å². The van der Waals surface area contributed by atoms with Crippen molar-refractivity contribution in [3.05, 3.63) is 52.0 Å². The molecule has 1 heterocycles. The van der Waals surface area contributed by atoms with Crippen molar-refractivity contribution >= 4 is 17.3 Å². The number of nitrogens with zero attached hydrogens (tertiary/aromatic N) is 2. The van der Waals surface area contributed by atoms with Crippen LogP contribution in [0.2, 0.25) is 0 Å². The Bertz CT molecular complexity index is 519. The lowest BCUT2D eigenvalue weighted by atomic mass is 10.2. The molecule has 0 saturated heterocycles. The number of aryl methyl sites for hydroxylation is 1. The monoisotopic (exact) mass is 260 g/mol. The molecular formula is C13H16N4S. The van der Waals surface area contributed by atoms with E-state index in [1.165, 1.54) is 4.88 Å². The predicted molar refractivity (Wildman–Crippen MR) is 75.5 cm³/mol. The maximum atomic E-state index is 5.81. The lowest BCUT2D eigenvalue weighted by Gasteiger charge is -2.04. The number of hydrogen-bond acceptors (Lipinski definition) is 3. The number of rotatable bonds is 4. The van der Waals surface area contributed by atoms with Crippen molar-refractivity contribution in [2.75, 3.05) is 0 Å². The van der Waals surface area contributed by atoms with E-state index in [9.17, 15) is 0 Å². The zero-order chi connectivity index (χ0) is 12.8. The molecule has 4 nitrogen and oxygen atoms in total. The largest absolute Gasteiger partial charge is 0.370 e. The minimum atomic E-state index is 0.464. The van der Waals surface area contributed by atoms with E-state index in [-0.39, 0.29) is 0 Å². The highest BCUT2D eigenvalue weighted by atomic mass is 32.1. The summed E-state index contributed by atoms with van der Waals surface area (Å²) in [7, 11) is 0. The zero-order valence-corrected chi connectivity index (χ0v) is 11.1. The first kappa shape index (κ1) is 12.6. The van der Waals surface area contributed by atoms with E-state index in [4.69, 9.17) is 5.73 Å². The fourth-order valence-corrected chi connectivity index (χ4v) is 2.20. The van der Waals surface area contributed by atoms with E-state index in [1.54, 1.807) is 11.3 Å². The number of nitrogens with two attached hydrogens (primary N) is 1. The van der Waals surface area contributed by atoms with Crippen LogP contribution in [0.1, 0.15) is 16.1 Å². The van der Waals surface area contributed by atoms with Crippen LogP contribution in [0, 0.1) is 6.92 Å². The number of hydrogen-bond donors (Lipinski definition) is 2. The van der Waals surface area contributed by atoms with Crippen LogP contribution in [0.3, 0.4) is 0 Å². The van der Waals surface area contributed by atoms with Crippen molar-refractivity contribution in [3.63, 3.8) is 0 Å². The molecule has 0 unspecified atom stereocenters. The highest BCUT2D eigenvalue weighted by Gasteiger charge is 2.01. The van der Waals surface area contributed by atoms with Gasteiger partial charge in [0.25, 0.3) is 0 Å². The summed E-state index contributed by atoms with van der Waals surface area (Å²) >= 11 is 1.62. The molecule has 0 amide bonds. The van der Waals surface area contributed by atoms with Crippen LogP contribution in [0.4, 0.5) is 0 Å². The van der Waals surface area contributed by atoms with Gasteiger partial charge in [0.2, 0.25) is 0 Å². The molecule has 0 radical (unpaired) electrons. The summed E-state index contributed by atoms with van der Waals surface area (Å²) in [5.41, 5.74) is 9.84. The number of benzene rings is 1. The third-order valence-electron chi connectivity index (χ3n) is 2.55. The Labute approximate surface area is 111 Å². The van der Waals surface area contributed by atoms with Gasteiger partial charge in [0.15, 0.2) is 5.96 Å². The third-order valence-corrected chi connectivity index (χ3v) is 3.48. The van der Waals surface area contributed by atoms with Gasteiger partial charge in [-0.3, -0.25) is 0 Å². The van der Waals surface area contributed by atoms with E-state index in [0.29, 0.717) is 19.0 Å². The van der Waals surface area contributed by atoms with Crippen molar-refractivity contribution in [3.8, 4) is 0 Å². The standard InChI is InChI=1S/C13H16N4S/c1-10-12(18-9-17-10)8-16-13(14)15-7-11-5-3-2-4-6-11/h2-6,9H,7-8H2,1H3,(H3,14,15,16). The first-order chi connectivity index (χ1) is 8.75. The van der Waals surface area contributed by atoms with E-state index in [0.717, 1.165) is 11.3 Å². The average molecular weight is 260 g/mol. The van der Waals surface area contributed by atoms with Crippen LogP contribution in [-0.2, 0) is 13.1 Å². The molecule has 2 rings (SSSR count).